The first-order valence-electron chi connectivity index (χ1n) is 15.1. The van der Waals surface area contributed by atoms with Crippen LogP contribution in [0.2, 0.25) is 0 Å². The molecule has 39 heavy (non-hydrogen) atoms. The Labute approximate surface area is 240 Å². The summed E-state index contributed by atoms with van der Waals surface area (Å²) < 4.78 is 14.0. The van der Waals surface area contributed by atoms with Gasteiger partial charge in [0, 0.05) is 11.8 Å². The zero-order valence-electron chi connectivity index (χ0n) is 25.5. The molecule has 1 aliphatic carbocycles. The molecule has 1 aliphatic heterocycles. The Morgan fingerprint density at radius 3 is 2.28 bits per heavy atom. The summed E-state index contributed by atoms with van der Waals surface area (Å²) in [7, 11) is 0. The van der Waals surface area contributed by atoms with Crippen LogP contribution in [0.25, 0.3) is 0 Å². The molecule has 1 atom stereocenters. The molecule has 1 unspecified atom stereocenters. The second kappa shape index (κ2) is 20.8. The fraction of sp³-hybridized carbons (Fsp3) is 0.697. The Hall–Kier alpha value is -2.05. The van der Waals surface area contributed by atoms with Gasteiger partial charge in [0.2, 0.25) is 0 Å². The molecule has 1 saturated heterocycles. The molecule has 224 valence electrons. The number of hydrogen-bond acceptors (Lipinski definition) is 4. The predicted octanol–water partition coefficient (Wildman–Crippen LogP) is 9.32. The molecule has 2 N–H and O–H groups in total. The monoisotopic (exact) mass is 545 g/mol. The zero-order valence-corrected chi connectivity index (χ0v) is 25.5. The van der Waals surface area contributed by atoms with E-state index in [4.69, 9.17) is 5.84 Å². The van der Waals surface area contributed by atoms with E-state index in [0.29, 0.717) is 29.3 Å². The molecule has 0 radical (unpaired) electrons. The Kier molecular flexibility index (Phi) is 19.7. The van der Waals surface area contributed by atoms with Gasteiger partial charge in [0.1, 0.15) is 17.5 Å². The standard InChI is InChI=1S/C21H31FN4.C9H19N.C2H6.CH4/c1-5-19-11-12-20(14-21(19)22)26(23)17(4)25-16(3)24-15(2)13-18-9-7-6-8-10-18;1-3-7-10-8-5-6-9(10)4-2;1-2;/h11-12,14,18H,4-10,13,23H2,1-3H3;9H,3-8H2,1-2H3;1-2H3;1H4/b24-15?,25-16-;;;. The molecular weight excluding hydrogens is 485 g/mol. The highest BCUT2D eigenvalue weighted by Gasteiger charge is 2.21. The molecule has 0 bridgehead atoms. The fourth-order valence-corrected chi connectivity index (χ4v) is 5.46. The number of aliphatic imine (C=N–C) groups is 2. The van der Waals surface area contributed by atoms with Crippen molar-refractivity contribution in [1.82, 2.24) is 4.90 Å². The summed E-state index contributed by atoms with van der Waals surface area (Å²) >= 11 is 0. The third kappa shape index (κ3) is 13.2. The fourth-order valence-electron chi connectivity index (χ4n) is 5.46. The summed E-state index contributed by atoms with van der Waals surface area (Å²) in [5.41, 5.74) is 2.27. The van der Waals surface area contributed by atoms with Crippen molar-refractivity contribution in [1.29, 1.82) is 0 Å². The Bertz CT molecular complexity index is 873. The lowest BCUT2D eigenvalue weighted by molar-refractivity contribution is 0.249. The third-order valence-electron chi connectivity index (χ3n) is 7.41. The van der Waals surface area contributed by atoms with Gasteiger partial charge in [-0.3, -0.25) is 5.01 Å². The van der Waals surface area contributed by atoms with E-state index in [9.17, 15) is 4.39 Å². The molecule has 1 aromatic rings. The van der Waals surface area contributed by atoms with Crippen LogP contribution in [0.4, 0.5) is 10.1 Å². The minimum atomic E-state index is -0.268. The SMILES string of the molecule is C.C=C(/N=C(/C)N=C(C)CC1CCCCC1)N(N)c1ccc(CC)c(F)c1.CC.CCCN1CCCC1CC. The van der Waals surface area contributed by atoms with Crippen molar-refractivity contribution < 1.29 is 4.39 Å². The van der Waals surface area contributed by atoms with Crippen LogP contribution in [0.15, 0.2) is 40.6 Å². The number of halogens is 1. The van der Waals surface area contributed by atoms with Crippen molar-refractivity contribution in [2.75, 3.05) is 18.1 Å². The van der Waals surface area contributed by atoms with Gasteiger partial charge >= 0.3 is 0 Å². The number of nitrogens with two attached hydrogens (primary N) is 1. The quantitative estimate of drug-likeness (QED) is 0.146. The van der Waals surface area contributed by atoms with Crippen LogP contribution in [0.3, 0.4) is 0 Å². The largest absolute Gasteiger partial charge is 0.300 e. The van der Waals surface area contributed by atoms with Crippen molar-refractivity contribution in [2.45, 2.75) is 133 Å². The molecule has 3 rings (SSSR count). The van der Waals surface area contributed by atoms with E-state index < -0.39 is 0 Å². The molecular formula is C33H60FN5. The van der Waals surface area contributed by atoms with E-state index in [1.807, 2.05) is 27.7 Å². The third-order valence-corrected chi connectivity index (χ3v) is 7.41. The lowest BCUT2D eigenvalue weighted by Crippen LogP contribution is -2.29. The molecule has 2 aliphatic rings. The van der Waals surface area contributed by atoms with E-state index in [1.165, 1.54) is 82.0 Å². The van der Waals surface area contributed by atoms with Crippen LogP contribution in [-0.4, -0.2) is 35.6 Å². The molecule has 0 spiro atoms. The molecule has 0 amide bonds. The Morgan fingerprint density at radius 2 is 1.72 bits per heavy atom. The number of anilines is 1. The van der Waals surface area contributed by atoms with Crippen LogP contribution in [-0.2, 0) is 6.42 Å². The minimum absolute atomic E-state index is 0. The second-order valence-electron chi connectivity index (χ2n) is 10.4. The molecule has 6 heteroatoms. The topological polar surface area (TPSA) is 57.2 Å². The number of aryl methyl sites for hydroxylation is 1. The zero-order chi connectivity index (χ0) is 28.5. The predicted molar refractivity (Wildman–Crippen MR) is 172 cm³/mol. The minimum Gasteiger partial charge on any atom is -0.300 e. The number of rotatable bonds is 9. The number of hydrazine groups is 1. The van der Waals surface area contributed by atoms with Gasteiger partial charge in [-0.05, 0) is 89.1 Å². The average molecular weight is 546 g/mol. The van der Waals surface area contributed by atoms with Gasteiger partial charge in [-0.15, -0.1) is 0 Å². The molecule has 5 nitrogen and oxygen atoms in total. The van der Waals surface area contributed by atoms with Gasteiger partial charge in [-0.25, -0.2) is 20.2 Å². The highest BCUT2D eigenvalue weighted by Crippen LogP contribution is 2.26. The van der Waals surface area contributed by atoms with Crippen LogP contribution in [0.1, 0.15) is 126 Å². The summed E-state index contributed by atoms with van der Waals surface area (Å²) in [4.78, 5) is 11.6. The van der Waals surface area contributed by atoms with Crippen molar-refractivity contribution >= 4 is 17.2 Å². The molecule has 1 heterocycles. The van der Waals surface area contributed by atoms with E-state index in [-0.39, 0.29) is 13.2 Å². The van der Waals surface area contributed by atoms with Crippen molar-refractivity contribution in [3.63, 3.8) is 0 Å². The van der Waals surface area contributed by atoms with Crippen molar-refractivity contribution in [3.05, 3.63) is 42.0 Å². The summed E-state index contributed by atoms with van der Waals surface area (Å²) in [5.74, 6) is 7.46. The van der Waals surface area contributed by atoms with Crippen molar-refractivity contribution in [2.24, 2.45) is 21.7 Å². The van der Waals surface area contributed by atoms with E-state index in [2.05, 4.69) is 42.2 Å². The molecule has 0 aromatic heterocycles. The summed E-state index contributed by atoms with van der Waals surface area (Å²) in [6.45, 7) is 20.9. The molecule has 2 fully saturated rings. The number of benzene rings is 1. The molecule has 1 aromatic carbocycles. The normalized spacial score (nSPS) is 18.3. The van der Waals surface area contributed by atoms with Crippen LogP contribution >= 0.6 is 0 Å². The maximum atomic E-state index is 14.0. The van der Waals surface area contributed by atoms with E-state index >= 15 is 0 Å². The van der Waals surface area contributed by atoms with Gasteiger partial charge in [0.15, 0.2) is 0 Å². The van der Waals surface area contributed by atoms with E-state index in [0.717, 1.165) is 24.1 Å². The Balaban J connectivity index is 0.000000931. The lowest BCUT2D eigenvalue weighted by atomic mass is 9.86. The van der Waals surface area contributed by atoms with Gasteiger partial charge in [0.05, 0.1) is 5.69 Å². The number of nitrogens with zero attached hydrogens (tertiary/aromatic N) is 4. The highest BCUT2D eigenvalue weighted by atomic mass is 19.1. The lowest BCUT2D eigenvalue weighted by Gasteiger charge is -2.21. The maximum Gasteiger partial charge on any atom is 0.142 e. The van der Waals surface area contributed by atoms with Crippen LogP contribution in [0, 0.1) is 11.7 Å². The number of likely N-dealkylation sites (tertiary alicyclic amines) is 1. The first-order valence-corrected chi connectivity index (χ1v) is 15.1. The summed E-state index contributed by atoms with van der Waals surface area (Å²) in [5, 5.41) is 1.29. The second-order valence-corrected chi connectivity index (χ2v) is 10.4. The first kappa shape index (κ1) is 37.0. The number of amidine groups is 1. The summed E-state index contributed by atoms with van der Waals surface area (Å²) in [6.07, 6.45) is 13.8. The highest BCUT2D eigenvalue weighted by molar-refractivity contribution is 5.96. The molecule has 1 saturated carbocycles. The van der Waals surface area contributed by atoms with Gasteiger partial charge in [-0.1, -0.05) is 86.8 Å². The van der Waals surface area contributed by atoms with Crippen molar-refractivity contribution in [3.8, 4) is 0 Å². The van der Waals surface area contributed by atoms with Gasteiger partial charge < -0.3 is 4.90 Å². The Morgan fingerprint density at radius 1 is 1.05 bits per heavy atom. The first-order chi connectivity index (χ1) is 18.3. The van der Waals surface area contributed by atoms with E-state index in [1.54, 1.807) is 12.1 Å². The smallest absolute Gasteiger partial charge is 0.142 e. The van der Waals surface area contributed by atoms with Crippen LogP contribution < -0.4 is 10.9 Å². The maximum absolute atomic E-state index is 14.0. The van der Waals surface area contributed by atoms with Crippen LogP contribution in [0.5, 0.6) is 0 Å². The van der Waals surface area contributed by atoms with Gasteiger partial charge in [0.25, 0.3) is 0 Å². The average Bonchev–Trinajstić information content (AvgIpc) is 3.37. The summed E-state index contributed by atoms with van der Waals surface area (Å²) in [6, 6.07) is 5.84. The van der Waals surface area contributed by atoms with Gasteiger partial charge in [-0.2, -0.15) is 0 Å². The number of hydrogen-bond donors (Lipinski definition) is 1.